The predicted octanol–water partition coefficient (Wildman–Crippen LogP) is 3.66. The van der Waals surface area contributed by atoms with Gasteiger partial charge in [0.1, 0.15) is 5.75 Å². The SMILES string of the molecule is CN=C(NCCc1ccc(OC)cc1)N(C)Cc1cc(Br)cn1C.I. The Morgan fingerprint density at radius 2 is 2.00 bits per heavy atom. The Balaban J connectivity index is 0.00000312. The molecule has 0 saturated heterocycles. The third-order valence-electron chi connectivity index (χ3n) is 3.90. The second-order valence-corrected chi connectivity index (χ2v) is 6.60. The van der Waals surface area contributed by atoms with E-state index in [4.69, 9.17) is 4.74 Å². The van der Waals surface area contributed by atoms with Crippen molar-refractivity contribution in [3.63, 3.8) is 0 Å². The van der Waals surface area contributed by atoms with Crippen LogP contribution in [-0.2, 0) is 20.0 Å². The van der Waals surface area contributed by atoms with Crippen LogP contribution < -0.4 is 10.1 Å². The smallest absolute Gasteiger partial charge is 0.193 e. The number of nitrogens with one attached hydrogen (secondary N) is 1. The first kappa shape index (κ1) is 21.8. The van der Waals surface area contributed by atoms with E-state index in [0.29, 0.717) is 0 Å². The fourth-order valence-electron chi connectivity index (χ4n) is 2.54. The maximum Gasteiger partial charge on any atom is 0.193 e. The van der Waals surface area contributed by atoms with E-state index in [9.17, 15) is 0 Å². The number of methoxy groups -OCH3 is 1. The third-order valence-corrected chi connectivity index (χ3v) is 4.34. The molecule has 2 rings (SSSR count). The highest BCUT2D eigenvalue weighted by molar-refractivity contribution is 14.0. The highest BCUT2D eigenvalue weighted by Gasteiger charge is 2.09. The summed E-state index contributed by atoms with van der Waals surface area (Å²) >= 11 is 3.51. The zero-order valence-electron chi connectivity index (χ0n) is 15.1. The van der Waals surface area contributed by atoms with Gasteiger partial charge < -0.3 is 19.5 Å². The van der Waals surface area contributed by atoms with Gasteiger partial charge >= 0.3 is 0 Å². The summed E-state index contributed by atoms with van der Waals surface area (Å²) in [5.74, 6) is 1.77. The van der Waals surface area contributed by atoms with Crippen molar-refractivity contribution in [3.8, 4) is 5.75 Å². The molecule has 5 nitrogen and oxygen atoms in total. The average Bonchev–Trinajstić information content (AvgIpc) is 2.89. The van der Waals surface area contributed by atoms with Gasteiger partial charge in [-0.05, 0) is 46.1 Å². The number of aryl methyl sites for hydroxylation is 1. The Morgan fingerprint density at radius 3 is 2.52 bits per heavy atom. The van der Waals surface area contributed by atoms with Crippen molar-refractivity contribution in [2.75, 3.05) is 27.7 Å². The fraction of sp³-hybridized carbons (Fsp3) is 0.389. The number of rotatable bonds is 6. The molecule has 0 atom stereocenters. The van der Waals surface area contributed by atoms with Gasteiger partial charge in [-0.15, -0.1) is 24.0 Å². The van der Waals surface area contributed by atoms with E-state index in [1.165, 1.54) is 11.3 Å². The predicted molar refractivity (Wildman–Crippen MR) is 118 cm³/mol. The highest BCUT2D eigenvalue weighted by atomic mass is 127. The molecule has 0 amide bonds. The van der Waals surface area contributed by atoms with Gasteiger partial charge in [-0.2, -0.15) is 0 Å². The Labute approximate surface area is 175 Å². The number of nitrogens with zero attached hydrogens (tertiary/aromatic N) is 3. The second-order valence-electron chi connectivity index (χ2n) is 5.69. The van der Waals surface area contributed by atoms with Crippen LogP contribution in [0.1, 0.15) is 11.3 Å². The van der Waals surface area contributed by atoms with Gasteiger partial charge in [0.25, 0.3) is 0 Å². The fourth-order valence-corrected chi connectivity index (χ4v) is 3.11. The van der Waals surface area contributed by atoms with Crippen LogP contribution in [0, 0.1) is 0 Å². The Morgan fingerprint density at radius 1 is 1.32 bits per heavy atom. The minimum Gasteiger partial charge on any atom is -0.497 e. The van der Waals surface area contributed by atoms with E-state index in [1.807, 2.05) is 33.3 Å². The van der Waals surface area contributed by atoms with Crippen LogP contribution in [0.15, 0.2) is 46.0 Å². The molecule has 1 N–H and O–H groups in total. The summed E-state index contributed by atoms with van der Waals surface area (Å²) in [4.78, 5) is 6.49. The van der Waals surface area contributed by atoms with E-state index in [0.717, 1.165) is 35.7 Å². The van der Waals surface area contributed by atoms with Crippen molar-refractivity contribution in [1.29, 1.82) is 0 Å². The molecule has 0 aliphatic rings. The molecule has 0 radical (unpaired) electrons. The van der Waals surface area contributed by atoms with Crippen LogP contribution in [0.5, 0.6) is 5.75 Å². The Kier molecular flexibility index (Phi) is 9.34. The summed E-state index contributed by atoms with van der Waals surface area (Å²) < 4.78 is 8.39. The van der Waals surface area contributed by atoms with Crippen LogP contribution >= 0.6 is 39.9 Å². The molecule has 2 aromatic rings. The van der Waals surface area contributed by atoms with Crippen molar-refractivity contribution >= 4 is 45.9 Å². The first-order chi connectivity index (χ1) is 11.5. The lowest BCUT2D eigenvalue weighted by molar-refractivity contribution is 0.414. The largest absolute Gasteiger partial charge is 0.497 e. The van der Waals surface area contributed by atoms with Gasteiger partial charge in [0.05, 0.1) is 13.7 Å². The normalized spacial score (nSPS) is 11.0. The Hall–Kier alpha value is -1.22. The van der Waals surface area contributed by atoms with Crippen molar-refractivity contribution in [2.45, 2.75) is 13.0 Å². The highest BCUT2D eigenvalue weighted by Crippen LogP contribution is 2.15. The molecule has 0 spiro atoms. The number of aromatic nitrogens is 1. The summed E-state index contributed by atoms with van der Waals surface area (Å²) in [6.45, 7) is 1.63. The van der Waals surface area contributed by atoms with Gasteiger partial charge in [-0.25, -0.2) is 0 Å². The maximum atomic E-state index is 5.18. The topological polar surface area (TPSA) is 41.8 Å². The monoisotopic (exact) mass is 520 g/mol. The molecule has 0 fully saturated rings. The molecule has 0 aliphatic carbocycles. The summed E-state index contributed by atoms with van der Waals surface area (Å²) in [6.07, 6.45) is 3.00. The van der Waals surface area contributed by atoms with Crippen molar-refractivity contribution in [3.05, 3.63) is 52.3 Å². The molecule has 138 valence electrons. The summed E-state index contributed by atoms with van der Waals surface area (Å²) in [5.41, 5.74) is 2.50. The van der Waals surface area contributed by atoms with Crippen molar-refractivity contribution in [2.24, 2.45) is 12.0 Å². The second kappa shape index (κ2) is 10.7. The summed E-state index contributed by atoms with van der Waals surface area (Å²) in [6, 6.07) is 10.3. The lowest BCUT2D eigenvalue weighted by atomic mass is 10.1. The number of halogens is 2. The minimum atomic E-state index is 0. The summed E-state index contributed by atoms with van der Waals surface area (Å²) in [7, 11) is 7.59. The number of aliphatic imine (C=N–C) groups is 1. The first-order valence-corrected chi connectivity index (χ1v) is 8.68. The van der Waals surface area contributed by atoms with E-state index in [-0.39, 0.29) is 24.0 Å². The zero-order chi connectivity index (χ0) is 17.5. The van der Waals surface area contributed by atoms with Crippen molar-refractivity contribution in [1.82, 2.24) is 14.8 Å². The van der Waals surface area contributed by atoms with E-state index in [2.05, 4.69) is 60.1 Å². The molecule has 0 bridgehead atoms. The van der Waals surface area contributed by atoms with E-state index in [1.54, 1.807) is 7.11 Å². The molecule has 25 heavy (non-hydrogen) atoms. The first-order valence-electron chi connectivity index (χ1n) is 7.89. The molecule has 1 aromatic carbocycles. The Bertz CT molecular complexity index is 685. The van der Waals surface area contributed by atoms with Crippen molar-refractivity contribution < 1.29 is 4.74 Å². The molecule has 0 unspecified atom stereocenters. The molecule has 0 saturated carbocycles. The van der Waals surface area contributed by atoms with Crippen LogP contribution in [0.3, 0.4) is 0 Å². The molecular weight excluding hydrogens is 495 g/mol. The lowest BCUT2D eigenvalue weighted by Gasteiger charge is -2.22. The van der Waals surface area contributed by atoms with Crippen LogP contribution in [0.2, 0.25) is 0 Å². The number of hydrogen-bond donors (Lipinski definition) is 1. The third kappa shape index (κ3) is 6.54. The molecule has 0 aliphatic heterocycles. The number of guanidine groups is 1. The lowest BCUT2D eigenvalue weighted by Crippen LogP contribution is -2.39. The van der Waals surface area contributed by atoms with Gasteiger partial charge in [0, 0.05) is 44.1 Å². The van der Waals surface area contributed by atoms with Gasteiger partial charge in [0.2, 0.25) is 0 Å². The maximum absolute atomic E-state index is 5.18. The number of benzene rings is 1. The van der Waals surface area contributed by atoms with Crippen LogP contribution in [0.4, 0.5) is 0 Å². The molecular formula is C18H26BrIN4O. The molecule has 7 heteroatoms. The zero-order valence-corrected chi connectivity index (χ0v) is 19.0. The standard InChI is InChI=1S/C18H25BrN4O.HI/c1-20-18(23(3)13-16-11-15(19)12-22(16)2)21-10-9-14-5-7-17(24-4)8-6-14;/h5-8,11-12H,9-10,13H2,1-4H3,(H,20,21);1H. The minimum absolute atomic E-state index is 0. The van der Waals surface area contributed by atoms with Crippen LogP contribution in [0.25, 0.3) is 0 Å². The quantitative estimate of drug-likeness (QED) is 0.359. The molecule has 1 heterocycles. The van der Waals surface area contributed by atoms with Gasteiger partial charge in [-0.1, -0.05) is 12.1 Å². The van der Waals surface area contributed by atoms with E-state index < -0.39 is 0 Å². The van der Waals surface area contributed by atoms with Gasteiger partial charge in [-0.3, -0.25) is 4.99 Å². The average molecular weight is 521 g/mol. The van der Waals surface area contributed by atoms with Crippen LogP contribution in [-0.4, -0.2) is 43.2 Å². The van der Waals surface area contributed by atoms with Gasteiger partial charge in [0.15, 0.2) is 5.96 Å². The number of ether oxygens (including phenoxy) is 1. The molecule has 1 aromatic heterocycles. The number of hydrogen-bond acceptors (Lipinski definition) is 2. The summed E-state index contributed by atoms with van der Waals surface area (Å²) in [5, 5.41) is 3.42. The van der Waals surface area contributed by atoms with E-state index >= 15 is 0 Å².